The molecular weight excluding hydrogens is 266 g/mol. The van der Waals surface area contributed by atoms with Gasteiger partial charge in [0.1, 0.15) is 5.15 Å². The summed E-state index contributed by atoms with van der Waals surface area (Å²) in [5.74, 6) is -0.455. The summed E-state index contributed by atoms with van der Waals surface area (Å²) in [6, 6.07) is 3.17. The molecule has 104 valence electrons. The molecule has 0 bridgehead atoms. The molecule has 1 aromatic heterocycles. The van der Waals surface area contributed by atoms with Crippen LogP contribution in [-0.4, -0.2) is 41.8 Å². The summed E-state index contributed by atoms with van der Waals surface area (Å²) in [6.07, 6.45) is 0.693. The van der Waals surface area contributed by atoms with Crippen molar-refractivity contribution in [2.45, 2.75) is 20.3 Å². The predicted octanol–water partition coefficient (Wildman–Crippen LogP) is 1.51. The van der Waals surface area contributed by atoms with Crippen LogP contribution in [0.25, 0.3) is 0 Å². The van der Waals surface area contributed by atoms with Gasteiger partial charge in [0, 0.05) is 24.8 Å². The van der Waals surface area contributed by atoms with Gasteiger partial charge in [-0.2, -0.15) is 0 Å². The minimum atomic E-state index is -0.322. The Morgan fingerprint density at radius 3 is 2.63 bits per heavy atom. The van der Waals surface area contributed by atoms with Gasteiger partial charge in [-0.15, -0.1) is 0 Å². The van der Waals surface area contributed by atoms with E-state index in [9.17, 15) is 9.59 Å². The van der Waals surface area contributed by atoms with Crippen LogP contribution in [0.4, 0.5) is 0 Å². The van der Waals surface area contributed by atoms with Gasteiger partial charge in [-0.25, -0.2) is 4.98 Å². The molecule has 1 aromatic rings. The Labute approximate surface area is 118 Å². The van der Waals surface area contributed by atoms with E-state index in [0.717, 1.165) is 5.69 Å². The van der Waals surface area contributed by atoms with Crippen molar-refractivity contribution in [2.75, 3.05) is 20.1 Å². The third-order valence-corrected chi connectivity index (χ3v) is 2.97. The van der Waals surface area contributed by atoms with E-state index in [1.54, 1.807) is 13.1 Å². The Hall–Kier alpha value is -1.62. The molecule has 0 aliphatic heterocycles. The van der Waals surface area contributed by atoms with Crippen LogP contribution in [0.3, 0.4) is 0 Å². The van der Waals surface area contributed by atoms with Crippen molar-refractivity contribution in [1.82, 2.24) is 15.2 Å². The normalized spacial score (nSPS) is 10.1. The number of nitrogens with one attached hydrogen (secondary N) is 1. The van der Waals surface area contributed by atoms with Gasteiger partial charge >= 0.3 is 0 Å². The highest BCUT2D eigenvalue weighted by Crippen LogP contribution is 2.11. The zero-order valence-electron chi connectivity index (χ0n) is 11.4. The Bertz CT molecular complexity index is 477. The van der Waals surface area contributed by atoms with Crippen molar-refractivity contribution in [1.29, 1.82) is 0 Å². The van der Waals surface area contributed by atoms with Gasteiger partial charge < -0.3 is 10.2 Å². The lowest BCUT2D eigenvalue weighted by Gasteiger charge is -2.14. The first-order valence-electron chi connectivity index (χ1n) is 6.16. The SMILES string of the molecule is CCc1cc(C(=O)NCC(=O)N(C)CC)cc(Cl)n1. The highest BCUT2D eigenvalue weighted by molar-refractivity contribution is 6.29. The van der Waals surface area contributed by atoms with E-state index < -0.39 is 0 Å². The Kier molecular flexibility index (Phi) is 5.76. The number of halogens is 1. The number of nitrogens with zero attached hydrogens (tertiary/aromatic N) is 2. The molecule has 0 aromatic carbocycles. The maximum atomic E-state index is 11.9. The van der Waals surface area contributed by atoms with Crippen LogP contribution in [0, 0.1) is 0 Å². The lowest BCUT2D eigenvalue weighted by molar-refractivity contribution is -0.128. The van der Waals surface area contributed by atoms with Crippen LogP contribution in [0.15, 0.2) is 12.1 Å². The Morgan fingerprint density at radius 1 is 1.37 bits per heavy atom. The average Bonchev–Trinajstić information content (AvgIpc) is 2.42. The Balaban J connectivity index is 2.68. The van der Waals surface area contributed by atoms with E-state index in [4.69, 9.17) is 11.6 Å². The van der Waals surface area contributed by atoms with E-state index in [0.29, 0.717) is 18.5 Å². The minimum Gasteiger partial charge on any atom is -0.345 e. The molecule has 1 rings (SSSR count). The molecule has 19 heavy (non-hydrogen) atoms. The summed E-state index contributed by atoms with van der Waals surface area (Å²) in [6.45, 7) is 4.39. The van der Waals surface area contributed by atoms with Crippen LogP contribution in [0.1, 0.15) is 29.9 Å². The minimum absolute atomic E-state index is 0.0232. The highest BCUT2D eigenvalue weighted by atomic mass is 35.5. The number of rotatable bonds is 5. The molecule has 0 aliphatic rings. The molecular formula is C13H18ClN3O2. The van der Waals surface area contributed by atoms with Crippen molar-refractivity contribution in [3.63, 3.8) is 0 Å². The molecule has 0 aliphatic carbocycles. The zero-order valence-corrected chi connectivity index (χ0v) is 12.1. The predicted molar refractivity (Wildman–Crippen MR) is 74.3 cm³/mol. The summed E-state index contributed by atoms with van der Waals surface area (Å²) < 4.78 is 0. The molecule has 5 nitrogen and oxygen atoms in total. The van der Waals surface area contributed by atoms with Gasteiger partial charge in [-0.3, -0.25) is 9.59 Å². The van der Waals surface area contributed by atoms with Gasteiger partial charge in [0.15, 0.2) is 0 Å². The van der Waals surface area contributed by atoms with Gasteiger partial charge in [-0.1, -0.05) is 18.5 Å². The number of hydrogen-bond donors (Lipinski definition) is 1. The summed E-state index contributed by atoms with van der Waals surface area (Å²) in [5, 5.41) is 2.86. The summed E-state index contributed by atoms with van der Waals surface area (Å²) in [4.78, 5) is 29.1. The fourth-order valence-electron chi connectivity index (χ4n) is 1.43. The van der Waals surface area contributed by atoms with Crippen molar-refractivity contribution >= 4 is 23.4 Å². The number of aryl methyl sites for hydroxylation is 1. The Morgan fingerprint density at radius 2 is 2.05 bits per heavy atom. The largest absolute Gasteiger partial charge is 0.345 e. The second kappa shape index (κ2) is 7.09. The van der Waals surface area contributed by atoms with Crippen LogP contribution in [-0.2, 0) is 11.2 Å². The number of carbonyl (C=O) groups excluding carboxylic acids is 2. The smallest absolute Gasteiger partial charge is 0.251 e. The van der Waals surface area contributed by atoms with Gasteiger partial charge in [0.25, 0.3) is 5.91 Å². The van der Waals surface area contributed by atoms with Crippen LogP contribution in [0.5, 0.6) is 0 Å². The van der Waals surface area contributed by atoms with Crippen LogP contribution >= 0.6 is 11.6 Å². The first kappa shape index (κ1) is 15.4. The van der Waals surface area contributed by atoms with E-state index in [2.05, 4.69) is 10.3 Å². The highest BCUT2D eigenvalue weighted by Gasteiger charge is 2.12. The van der Waals surface area contributed by atoms with Crippen molar-refractivity contribution in [3.8, 4) is 0 Å². The van der Waals surface area contributed by atoms with Crippen molar-refractivity contribution in [2.24, 2.45) is 0 Å². The number of likely N-dealkylation sites (N-methyl/N-ethyl adjacent to an activating group) is 1. The molecule has 0 unspecified atom stereocenters. The molecule has 0 fully saturated rings. The quantitative estimate of drug-likeness (QED) is 0.833. The lowest BCUT2D eigenvalue weighted by atomic mass is 10.2. The first-order chi connectivity index (χ1) is 8.97. The number of aromatic nitrogens is 1. The summed E-state index contributed by atoms with van der Waals surface area (Å²) >= 11 is 5.84. The fraction of sp³-hybridized carbons (Fsp3) is 0.462. The molecule has 0 spiro atoms. The number of hydrogen-bond acceptors (Lipinski definition) is 3. The van der Waals surface area contributed by atoms with E-state index >= 15 is 0 Å². The standard InChI is InChI=1S/C13H18ClN3O2/c1-4-10-6-9(7-11(14)16-10)13(19)15-8-12(18)17(3)5-2/h6-7H,4-5,8H2,1-3H3,(H,15,19). The number of amides is 2. The van der Waals surface area contributed by atoms with Crippen molar-refractivity contribution < 1.29 is 9.59 Å². The van der Waals surface area contributed by atoms with Gasteiger partial charge in [-0.05, 0) is 25.5 Å². The van der Waals surface area contributed by atoms with E-state index in [-0.39, 0.29) is 23.5 Å². The molecule has 2 amide bonds. The second-order valence-electron chi connectivity index (χ2n) is 4.11. The third-order valence-electron chi connectivity index (χ3n) is 2.77. The molecule has 1 heterocycles. The number of carbonyl (C=O) groups is 2. The van der Waals surface area contributed by atoms with Gasteiger partial charge in [0.05, 0.1) is 6.54 Å². The maximum absolute atomic E-state index is 11.9. The average molecular weight is 284 g/mol. The second-order valence-corrected chi connectivity index (χ2v) is 4.50. The third kappa shape index (κ3) is 4.52. The molecule has 0 radical (unpaired) electrons. The lowest BCUT2D eigenvalue weighted by Crippen LogP contribution is -2.38. The molecule has 0 atom stereocenters. The molecule has 1 N–H and O–H groups in total. The van der Waals surface area contributed by atoms with Crippen molar-refractivity contribution in [3.05, 3.63) is 28.5 Å². The fourth-order valence-corrected chi connectivity index (χ4v) is 1.66. The molecule has 0 saturated carbocycles. The van der Waals surface area contributed by atoms with Gasteiger partial charge in [0.2, 0.25) is 5.91 Å². The van der Waals surface area contributed by atoms with E-state index in [1.165, 1.54) is 11.0 Å². The summed E-state index contributed by atoms with van der Waals surface area (Å²) in [7, 11) is 1.69. The molecule has 6 heteroatoms. The van der Waals surface area contributed by atoms with E-state index in [1.807, 2.05) is 13.8 Å². The number of pyridine rings is 1. The monoisotopic (exact) mass is 283 g/mol. The first-order valence-corrected chi connectivity index (χ1v) is 6.54. The summed E-state index contributed by atoms with van der Waals surface area (Å²) in [5.41, 5.74) is 1.17. The maximum Gasteiger partial charge on any atom is 0.251 e. The van der Waals surface area contributed by atoms with Crippen LogP contribution in [0.2, 0.25) is 5.15 Å². The van der Waals surface area contributed by atoms with Crippen LogP contribution < -0.4 is 5.32 Å². The topological polar surface area (TPSA) is 62.3 Å². The zero-order chi connectivity index (χ0) is 14.4. The molecule has 0 saturated heterocycles.